The predicted molar refractivity (Wildman–Crippen MR) is 74.1 cm³/mol. The molecule has 2 nitrogen and oxygen atoms in total. The lowest BCUT2D eigenvalue weighted by molar-refractivity contribution is 0.0897. The van der Waals surface area contributed by atoms with Crippen molar-refractivity contribution in [3.8, 4) is 0 Å². The van der Waals surface area contributed by atoms with Crippen LogP contribution in [0.5, 0.6) is 0 Å². The Labute approximate surface area is 107 Å². The first-order chi connectivity index (χ1) is 8.06. The van der Waals surface area contributed by atoms with E-state index in [-0.39, 0.29) is 5.54 Å². The van der Waals surface area contributed by atoms with Gasteiger partial charge in [-0.05, 0) is 37.5 Å². The zero-order valence-electron chi connectivity index (χ0n) is 12.0. The van der Waals surface area contributed by atoms with E-state index >= 15 is 0 Å². The molecule has 0 aromatic heterocycles. The summed E-state index contributed by atoms with van der Waals surface area (Å²) in [6.07, 6.45) is 8.57. The molecule has 1 fully saturated rings. The summed E-state index contributed by atoms with van der Waals surface area (Å²) in [6, 6.07) is 0. The molecular formula is C15H31NO. The molecular weight excluding hydrogens is 210 g/mol. The van der Waals surface area contributed by atoms with E-state index in [0.29, 0.717) is 0 Å². The highest BCUT2D eigenvalue weighted by Gasteiger charge is 2.31. The second-order valence-electron chi connectivity index (χ2n) is 6.28. The van der Waals surface area contributed by atoms with Crippen LogP contribution in [0.3, 0.4) is 0 Å². The van der Waals surface area contributed by atoms with Crippen LogP contribution in [0.1, 0.15) is 65.7 Å². The fourth-order valence-electron chi connectivity index (χ4n) is 2.79. The Hall–Kier alpha value is -0.0800. The normalized spacial score (nSPS) is 29.8. The fraction of sp³-hybridized carbons (Fsp3) is 1.00. The Balaban J connectivity index is 2.16. The van der Waals surface area contributed by atoms with Crippen molar-refractivity contribution in [2.75, 3.05) is 13.2 Å². The number of hydrogen-bond donors (Lipinski definition) is 1. The molecule has 0 heterocycles. The number of nitrogens with two attached hydrogens (primary N) is 1. The average Bonchev–Trinajstić information content (AvgIpc) is 2.28. The molecule has 2 atom stereocenters. The van der Waals surface area contributed by atoms with Gasteiger partial charge in [0, 0.05) is 18.8 Å². The van der Waals surface area contributed by atoms with Gasteiger partial charge in [0.15, 0.2) is 0 Å². The molecule has 0 aromatic rings. The third-order valence-electron chi connectivity index (χ3n) is 4.14. The highest BCUT2D eigenvalue weighted by atomic mass is 16.5. The Morgan fingerprint density at radius 1 is 1.35 bits per heavy atom. The first-order valence-electron chi connectivity index (χ1n) is 7.42. The minimum absolute atomic E-state index is 0.0662. The lowest BCUT2D eigenvalue weighted by atomic mass is 9.74. The predicted octanol–water partition coefficient (Wildman–Crippen LogP) is 3.74. The minimum atomic E-state index is 0.0662. The van der Waals surface area contributed by atoms with Gasteiger partial charge in [-0.15, -0.1) is 0 Å². The second-order valence-corrected chi connectivity index (χ2v) is 6.28. The summed E-state index contributed by atoms with van der Waals surface area (Å²) in [7, 11) is 0. The number of ether oxygens (including phenoxy) is 1. The van der Waals surface area contributed by atoms with Gasteiger partial charge in [0.2, 0.25) is 0 Å². The van der Waals surface area contributed by atoms with Crippen LogP contribution in [0.4, 0.5) is 0 Å². The van der Waals surface area contributed by atoms with E-state index in [9.17, 15) is 0 Å². The summed E-state index contributed by atoms with van der Waals surface area (Å²) in [4.78, 5) is 0. The molecule has 17 heavy (non-hydrogen) atoms. The molecule has 0 bridgehead atoms. The molecule has 2 N–H and O–H groups in total. The Morgan fingerprint density at radius 3 is 2.76 bits per heavy atom. The zero-order chi connectivity index (χ0) is 12.7. The van der Waals surface area contributed by atoms with E-state index in [2.05, 4.69) is 20.8 Å². The summed E-state index contributed by atoms with van der Waals surface area (Å²) >= 11 is 0. The summed E-state index contributed by atoms with van der Waals surface area (Å²) in [5.74, 6) is 1.59. The van der Waals surface area contributed by atoms with Crippen molar-refractivity contribution in [2.24, 2.45) is 17.6 Å². The maximum absolute atomic E-state index is 6.49. The summed E-state index contributed by atoms with van der Waals surface area (Å²) in [5, 5.41) is 0. The molecule has 1 saturated carbocycles. The van der Waals surface area contributed by atoms with Crippen molar-refractivity contribution in [1.29, 1.82) is 0 Å². The Kier molecular flexibility index (Phi) is 6.50. The SMILES string of the molecule is CCC1CCCC(N)(CCOCCC(C)C)C1. The molecule has 1 aliphatic rings. The van der Waals surface area contributed by atoms with E-state index in [1.165, 1.54) is 32.1 Å². The first kappa shape index (κ1) is 15.0. The summed E-state index contributed by atoms with van der Waals surface area (Å²) in [6.45, 7) is 8.50. The lowest BCUT2D eigenvalue weighted by Crippen LogP contribution is -2.45. The van der Waals surface area contributed by atoms with Crippen molar-refractivity contribution in [3.63, 3.8) is 0 Å². The van der Waals surface area contributed by atoms with Gasteiger partial charge in [-0.25, -0.2) is 0 Å². The van der Waals surface area contributed by atoms with Crippen LogP contribution in [0.25, 0.3) is 0 Å². The molecule has 2 unspecified atom stereocenters. The van der Waals surface area contributed by atoms with Gasteiger partial charge in [0.05, 0.1) is 0 Å². The largest absolute Gasteiger partial charge is 0.381 e. The number of hydrogen-bond acceptors (Lipinski definition) is 2. The standard InChI is InChI=1S/C15H31NO/c1-4-14-6-5-8-15(16,12-14)9-11-17-10-7-13(2)3/h13-14H,4-12,16H2,1-3H3. The highest BCUT2D eigenvalue weighted by molar-refractivity contribution is 4.90. The Morgan fingerprint density at radius 2 is 2.12 bits per heavy atom. The molecule has 2 heteroatoms. The van der Waals surface area contributed by atoms with Crippen LogP contribution < -0.4 is 5.73 Å². The van der Waals surface area contributed by atoms with E-state index in [1.807, 2.05) is 0 Å². The number of rotatable bonds is 7. The summed E-state index contributed by atoms with van der Waals surface area (Å²) < 4.78 is 5.70. The topological polar surface area (TPSA) is 35.2 Å². The quantitative estimate of drug-likeness (QED) is 0.689. The van der Waals surface area contributed by atoms with Gasteiger partial charge in [0.25, 0.3) is 0 Å². The van der Waals surface area contributed by atoms with Crippen LogP contribution in [-0.4, -0.2) is 18.8 Å². The zero-order valence-corrected chi connectivity index (χ0v) is 12.0. The monoisotopic (exact) mass is 241 g/mol. The molecule has 0 aromatic carbocycles. The van der Waals surface area contributed by atoms with Gasteiger partial charge in [-0.1, -0.05) is 40.0 Å². The fourth-order valence-corrected chi connectivity index (χ4v) is 2.79. The van der Waals surface area contributed by atoms with Crippen molar-refractivity contribution < 1.29 is 4.74 Å². The van der Waals surface area contributed by atoms with Gasteiger partial charge >= 0.3 is 0 Å². The third-order valence-corrected chi connectivity index (χ3v) is 4.14. The molecule has 102 valence electrons. The van der Waals surface area contributed by atoms with E-state index in [4.69, 9.17) is 10.5 Å². The first-order valence-corrected chi connectivity index (χ1v) is 7.42. The maximum atomic E-state index is 6.49. The van der Waals surface area contributed by atoms with Gasteiger partial charge in [-0.3, -0.25) is 0 Å². The molecule has 0 saturated heterocycles. The van der Waals surface area contributed by atoms with Gasteiger partial charge in [-0.2, -0.15) is 0 Å². The van der Waals surface area contributed by atoms with Crippen LogP contribution in [-0.2, 0) is 4.74 Å². The summed E-state index contributed by atoms with van der Waals surface area (Å²) in [5.41, 5.74) is 6.55. The smallest absolute Gasteiger partial charge is 0.0483 e. The van der Waals surface area contributed by atoms with Crippen LogP contribution >= 0.6 is 0 Å². The van der Waals surface area contributed by atoms with Crippen molar-refractivity contribution in [1.82, 2.24) is 0 Å². The Bertz CT molecular complexity index is 205. The van der Waals surface area contributed by atoms with Crippen molar-refractivity contribution in [3.05, 3.63) is 0 Å². The van der Waals surface area contributed by atoms with Gasteiger partial charge in [0.1, 0.15) is 0 Å². The van der Waals surface area contributed by atoms with Crippen molar-refractivity contribution >= 4 is 0 Å². The average molecular weight is 241 g/mol. The van der Waals surface area contributed by atoms with Crippen LogP contribution in [0, 0.1) is 11.8 Å². The molecule has 0 aliphatic heterocycles. The van der Waals surface area contributed by atoms with E-state index < -0.39 is 0 Å². The molecule has 1 aliphatic carbocycles. The maximum Gasteiger partial charge on any atom is 0.0483 e. The van der Waals surface area contributed by atoms with Crippen LogP contribution in [0.2, 0.25) is 0 Å². The van der Waals surface area contributed by atoms with E-state index in [1.54, 1.807) is 0 Å². The minimum Gasteiger partial charge on any atom is -0.381 e. The second kappa shape index (κ2) is 7.38. The molecule has 0 spiro atoms. The highest BCUT2D eigenvalue weighted by Crippen LogP contribution is 2.34. The lowest BCUT2D eigenvalue weighted by Gasteiger charge is -2.37. The van der Waals surface area contributed by atoms with E-state index in [0.717, 1.165) is 37.9 Å². The molecule has 0 amide bonds. The van der Waals surface area contributed by atoms with Gasteiger partial charge < -0.3 is 10.5 Å². The molecule has 0 radical (unpaired) electrons. The third kappa shape index (κ3) is 5.87. The molecule has 1 rings (SSSR count). The van der Waals surface area contributed by atoms with Crippen molar-refractivity contribution in [2.45, 2.75) is 71.3 Å². The van der Waals surface area contributed by atoms with Crippen LogP contribution in [0.15, 0.2) is 0 Å².